The fourth-order valence-corrected chi connectivity index (χ4v) is 4.95. The van der Waals surface area contributed by atoms with Gasteiger partial charge in [0.1, 0.15) is 6.04 Å². The zero-order valence-electron chi connectivity index (χ0n) is 21.1. The largest absolute Gasteiger partial charge is 0.361 e. The normalized spacial score (nSPS) is 16.2. The van der Waals surface area contributed by atoms with Crippen LogP contribution in [0.4, 0.5) is 10.5 Å². The topological polar surface area (TPSA) is 141 Å². The smallest absolute Gasteiger partial charge is 0.317 e. The Labute approximate surface area is 224 Å². The van der Waals surface area contributed by atoms with Gasteiger partial charge in [-0.2, -0.15) is 0 Å². The highest BCUT2D eigenvalue weighted by Crippen LogP contribution is 2.24. The number of aromatic nitrogens is 1. The molecule has 11 nitrogen and oxygen atoms in total. The molecular weight excluding hydrogens is 512 g/mol. The first-order valence-electron chi connectivity index (χ1n) is 12.3. The Morgan fingerprint density at radius 3 is 2.66 bits per heavy atom. The van der Waals surface area contributed by atoms with Crippen LogP contribution in [-0.2, 0) is 11.2 Å². The summed E-state index contributed by atoms with van der Waals surface area (Å²) in [6.45, 7) is 5.22. The van der Waals surface area contributed by atoms with Crippen molar-refractivity contribution in [3.63, 3.8) is 0 Å². The average Bonchev–Trinajstić information content (AvgIpc) is 3.30. The second-order valence-electron chi connectivity index (χ2n) is 9.17. The molecule has 2 heterocycles. The van der Waals surface area contributed by atoms with Crippen molar-refractivity contribution in [1.29, 1.82) is 0 Å². The van der Waals surface area contributed by atoms with Gasteiger partial charge < -0.3 is 25.4 Å². The van der Waals surface area contributed by atoms with Crippen molar-refractivity contribution in [2.45, 2.75) is 32.4 Å². The standard InChI is InChI=1S/C26H29ClN6O5/c1-3-28-26(36)32-11-10-31(15-16(32)2)25(35)23(12-17-14-29-22-7-5-4-6-19(17)22)30-24(34)20-9-8-18(33(37)38)13-21(20)27/h4-9,13-14,16,23,29H,3,10-12,15H2,1-2H3,(H,28,36)(H,30,34). The van der Waals surface area contributed by atoms with E-state index in [2.05, 4.69) is 15.6 Å². The molecule has 4 rings (SSSR count). The molecule has 12 heteroatoms. The molecule has 1 aliphatic heterocycles. The zero-order valence-corrected chi connectivity index (χ0v) is 21.8. The quantitative estimate of drug-likeness (QED) is 0.311. The number of amides is 4. The fourth-order valence-electron chi connectivity index (χ4n) is 4.69. The van der Waals surface area contributed by atoms with Gasteiger partial charge in [-0.25, -0.2) is 4.79 Å². The first kappa shape index (κ1) is 26.9. The Morgan fingerprint density at radius 2 is 1.97 bits per heavy atom. The lowest BCUT2D eigenvalue weighted by Gasteiger charge is -2.41. The number of fused-ring (bicyclic) bond motifs is 1. The van der Waals surface area contributed by atoms with Gasteiger partial charge in [-0.05, 0) is 31.5 Å². The lowest BCUT2D eigenvalue weighted by Crippen LogP contribution is -2.60. The van der Waals surface area contributed by atoms with Gasteiger partial charge >= 0.3 is 6.03 Å². The van der Waals surface area contributed by atoms with Gasteiger partial charge in [0, 0.05) is 67.9 Å². The van der Waals surface area contributed by atoms with Crippen LogP contribution in [-0.4, -0.2) is 75.8 Å². The number of para-hydroxylation sites is 1. The first-order chi connectivity index (χ1) is 18.2. The molecule has 0 spiro atoms. The number of piperazine rings is 1. The number of urea groups is 1. The maximum atomic E-state index is 13.8. The predicted molar refractivity (Wildman–Crippen MR) is 143 cm³/mol. The van der Waals surface area contributed by atoms with E-state index in [0.29, 0.717) is 26.2 Å². The van der Waals surface area contributed by atoms with E-state index in [1.54, 1.807) is 9.80 Å². The Bertz CT molecular complexity index is 1380. The molecule has 200 valence electrons. The number of halogens is 1. The summed E-state index contributed by atoms with van der Waals surface area (Å²) < 4.78 is 0. The van der Waals surface area contributed by atoms with Crippen molar-refractivity contribution in [3.05, 3.63) is 74.9 Å². The highest BCUT2D eigenvalue weighted by molar-refractivity contribution is 6.34. The van der Waals surface area contributed by atoms with E-state index >= 15 is 0 Å². The summed E-state index contributed by atoms with van der Waals surface area (Å²) >= 11 is 6.18. The van der Waals surface area contributed by atoms with Crippen LogP contribution in [0.2, 0.25) is 5.02 Å². The summed E-state index contributed by atoms with van der Waals surface area (Å²) in [5, 5.41) is 17.5. The molecule has 3 aromatic rings. The summed E-state index contributed by atoms with van der Waals surface area (Å²) in [4.78, 5) is 56.3. The van der Waals surface area contributed by atoms with E-state index in [1.165, 1.54) is 12.1 Å². The minimum atomic E-state index is -0.934. The van der Waals surface area contributed by atoms with E-state index in [1.807, 2.05) is 44.3 Å². The average molecular weight is 541 g/mol. The van der Waals surface area contributed by atoms with Crippen molar-refractivity contribution < 1.29 is 19.3 Å². The SMILES string of the molecule is CCNC(=O)N1CCN(C(=O)C(Cc2c[nH]c3ccccc23)NC(=O)c2ccc([N+](=O)[O-])cc2Cl)CC1C. The third kappa shape index (κ3) is 5.72. The van der Waals surface area contributed by atoms with E-state index in [0.717, 1.165) is 22.5 Å². The molecule has 38 heavy (non-hydrogen) atoms. The van der Waals surface area contributed by atoms with Gasteiger partial charge in [0.2, 0.25) is 5.91 Å². The highest BCUT2D eigenvalue weighted by Gasteiger charge is 2.34. The minimum Gasteiger partial charge on any atom is -0.361 e. The number of benzene rings is 2. The summed E-state index contributed by atoms with van der Waals surface area (Å²) in [6, 6.07) is 9.91. The Kier molecular flexibility index (Phi) is 8.16. The van der Waals surface area contributed by atoms with Crippen LogP contribution in [0.1, 0.15) is 29.8 Å². The van der Waals surface area contributed by atoms with Crippen LogP contribution in [0.3, 0.4) is 0 Å². The number of rotatable bonds is 7. The van der Waals surface area contributed by atoms with E-state index in [4.69, 9.17) is 11.6 Å². The van der Waals surface area contributed by atoms with Gasteiger partial charge in [0.25, 0.3) is 11.6 Å². The van der Waals surface area contributed by atoms with E-state index < -0.39 is 16.9 Å². The number of nitro groups is 1. The van der Waals surface area contributed by atoms with Gasteiger partial charge in [-0.1, -0.05) is 29.8 Å². The predicted octanol–water partition coefficient (Wildman–Crippen LogP) is 3.33. The Hall–Kier alpha value is -4.12. The molecule has 1 aliphatic rings. The number of carbonyl (C=O) groups excluding carboxylic acids is 3. The molecule has 2 atom stereocenters. The highest BCUT2D eigenvalue weighted by atomic mass is 35.5. The maximum absolute atomic E-state index is 13.8. The summed E-state index contributed by atoms with van der Waals surface area (Å²) in [5.74, 6) is -0.902. The van der Waals surface area contributed by atoms with Crippen LogP contribution in [0.15, 0.2) is 48.7 Å². The Balaban J connectivity index is 1.58. The van der Waals surface area contributed by atoms with Gasteiger partial charge in [-0.3, -0.25) is 19.7 Å². The molecule has 2 unspecified atom stereocenters. The third-order valence-electron chi connectivity index (χ3n) is 6.64. The Morgan fingerprint density at radius 1 is 1.21 bits per heavy atom. The van der Waals surface area contributed by atoms with Crippen LogP contribution in [0, 0.1) is 10.1 Å². The van der Waals surface area contributed by atoms with E-state index in [-0.39, 0.29) is 40.7 Å². The molecule has 0 bridgehead atoms. The van der Waals surface area contributed by atoms with Crippen LogP contribution < -0.4 is 10.6 Å². The number of nitro benzene ring substituents is 1. The lowest BCUT2D eigenvalue weighted by atomic mass is 10.0. The summed E-state index contributed by atoms with van der Waals surface area (Å²) in [7, 11) is 0. The maximum Gasteiger partial charge on any atom is 0.317 e. The number of non-ortho nitro benzene ring substituents is 1. The van der Waals surface area contributed by atoms with E-state index in [9.17, 15) is 24.5 Å². The number of nitrogens with zero attached hydrogens (tertiary/aromatic N) is 3. The van der Waals surface area contributed by atoms with Gasteiger partial charge in [-0.15, -0.1) is 0 Å². The molecule has 1 aromatic heterocycles. The van der Waals surface area contributed by atoms with Crippen LogP contribution in [0.5, 0.6) is 0 Å². The number of H-pyrrole nitrogens is 1. The number of hydrogen-bond donors (Lipinski definition) is 3. The molecular formula is C26H29ClN6O5. The van der Waals surface area contributed by atoms with Gasteiger partial charge in [0.15, 0.2) is 0 Å². The van der Waals surface area contributed by atoms with Crippen LogP contribution >= 0.6 is 11.6 Å². The van der Waals surface area contributed by atoms with Crippen molar-refractivity contribution in [2.75, 3.05) is 26.2 Å². The summed E-state index contributed by atoms with van der Waals surface area (Å²) in [6.07, 6.45) is 2.02. The third-order valence-corrected chi connectivity index (χ3v) is 6.95. The molecule has 0 radical (unpaired) electrons. The number of hydrogen-bond acceptors (Lipinski definition) is 5. The second-order valence-corrected chi connectivity index (χ2v) is 9.58. The molecule has 1 fully saturated rings. The molecule has 4 amide bonds. The van der Waals surface area contributed by atoms with Crippen molar-refractivity contribution >= 4 is 46.0 Å². The lowest BCUT2D eigenvalue weighted by molar-refractivity contribution is -0.384. The second kappa shape index (κ2) is 11.5. The van der Waals surface area contributed by atoms with Crippen molar-refractivity contribution in [2.24, 2.45) is 0 Å². The molecule has 0 saturated carbocycles. The molecule has 3 N–H and O–H groups in total. The van der Waals surface area contributed by atoms with Crippen LogP contribution in [0.25, 0.3) is 10.9 Å². The zero-order chi connectivity index (χ0) is 27.4. The van der Waals surface area contributed by atoms with Crippen molar-refractivity contribution in [1.82, 2.24) is 25.4 Å². The van der Waals surface area contributed by atoms with Crippen molar-refractivity contribution in [3.8, 4) is 0 Å². The first-order valence-corrected chi connectivity index (χ1v) is 12.7. The number of aromatic amines is 1. The molecule has 2 aromatic carbocycles. The number of nitrogens with one attached hydrogen (secondary N) is 3. The van der Waals surface area contributed by atoms with Gasteiger partial charge in [0.05, 0.1) is 15.5 Å². The minimum absolute atomic E-state index is 0.0309. The molecule has 0 aliphatic carbocycles. The molecule has 1 saturated heterocycles. The fraction of sp³-hybridized carbons (Fsp3) is 0.346. The monoisotopic (exact) mass is 540 g/mol. The summed E-state index contributed by atoms with van der Waals surface area (Å²) in [5.41, 5.74) is 1.55. The number of carbonyl (C=O) groups is 3.